The maximum atomic E-state index is 11.2. The first-order chi connectivity index (χ1) is 9.02. The Kier molecular flexibility index (Phi) is 6.49. The fraction of sp³-hybridized carbons (Fsp3) is 0.500. The van der Waals surface area contributed by atoms with Crippen LogP contribution in [0.4, 0.5) is 0 Å². The van der Waals surface area contributed by atoms with E-state index in [9.17, 15) is 9.90 Å². The van der Waals surface area contributed by atoms with Crippen molar-refractivity contribution in [3.05, 3.63) is 29.8 Å². The Labute approximate surface area is 113 Å². The molecular formula is C14H21NO4. The average Bonchev–Trinajstić information content (AvgIpc) is 2.37. The SMILES string of the molecule is CC(=O)c1cccc(OCC(O)CN(C)CCO)c1. The molecule has 0 aromatic heterocycles. The second-order valence-corrected chi connectivity index (χ2v) is 4.53. The molecule has 0 aliphatic heterocycles. The first-order valence-electron chi connectivity index (χ1n) is 6.24. The molecule has 19 heavy (non-hydrogen) atoms. The number of nitrogens with zero attached hydrogens (tertiary/aromatic N) is 1. The van der Waals surface area contributed by atoms with E-state index in [1.165, 1.54) is 6.92 Å². The predicted molar refractivity (Wildman–Crippen MR) is 72.5 cm³/mol. The molecule has 1 aromatic rings. The Hall–Kier alpha value is -1.43. The van der Waals surface area contributed by atoms with Crippen molar-refractivity contribution in [2.75, 3.05) is 33.4 Å². The summed E-state index contributed by atoms with van der Waals surface area (Å²) >= 11 is 0. The maximum Gasteiger partial charge on any atom is 0.159 e. The van der Waals surface area contributed by atoms with Crippen molar-refractivity contribution in [2.24, 2.45) is 0 Å². The summed E-state index contributed by atoms with van der Waals surface area (Å²) in [5.41, 5.74) is 0.587. The van der Waals surface area contributed by atoms with Crippen molar-refractivity contribution in [1.82, 2.24) is 4.90 Å². The quantitative estimate of drug-likeness (QED) is 0.673. The maximum absolute atomic E-state index is 11.2. The number of likely N-dealkylation sites (N-methyl/N-ethyl adjacent to an activating group) is 1. The molecule has 0 saturated heterocycles. The van der Waals surface area contributed by atoms with Gasteiger partial charge in [-0.25, -0.2) is 0 Å². The molecule has 1 unspecified atom stereocenters. The number of carbonyl (C=O) groups excluding carboxylic acids is 1. The van der Waals surface area contributed by atoms with Crippen molar-refractivity contribution in [3.8, 4) is 5.75 Å². The van der Waals surface area contributed by atoms with Crippen LogP contribution in [0.5, 0.6) is 5.75 Å². The number of aliphatic hydroxyl groups is 2. The minimum atomic E-state index is -0.641. The number of aliphatic hydroxyl groups excluding tert-OH is 2. The summed E-state index contributed by atoms with van der Waals surface area (Å²) in [6, 6.07) is 6.88. The molecule has 0 aliphatic rings. The van der Waals surface area contributed by atoms with Gasteiger partial charge in [-0.1, -0.05) is 12.1 Å². The van der Waals surface area contributed by atoms with Crippen LogP contribution in [0.1, 0.15) is 17.3 Å². The third kappa shape index (κ3) is 5.83. The zero-order valence-corrected chi connectivity index (χ0v) is 11.4. The van der Waals surface area contributed by atoms with Crippen molar-refractivity contribution < 1.29 is 19.7 Å². The first kappa shape index (κ1) is 15.6. The van der Waals surface area contributed by atoms with Gasteiger partial charge in [0.1, 0.15) is 18.5 Å². The highest BCUT2D eigenvalue weighted by Crippen LogP contribution is 2.14. The summed E-state index contributed by atoms with van der Waals surface area (Å²) in [4.78, 5) is 13.0. The molecule has 5 nitrogen and oxygen atoms in total. The number of benzene rings is 1. The van der Waals surface area contributed by atoms with Gasteiger partial charge >= 0.3 is 0 Å². The Morgan fingerprint density at radius 3 is 2.84 bits per heavy atom. The van der Waals surface area contributed by atoms with Crippen molar-refractivity contribution in [3.63, 3.8) is 0 Å². The van der Waals surface area contributed by atoms with E-state index in [-0.39, 0.29) is 19.0 Å². The number of carbonyl (C=O) groups is 1. The van der Waals surface area contributed by atoms with Crippen LogP contribution in [-0.4, -0.2) is 60.4 Å². The van der Waals surface area contributed by atoms with E-state index in [2.05, 4.69) is 0 Å². The normalized spacial score (nSPS) is 12.5. The number of ketones is 1. The van der Waals surface area contributed by atoms with Crippen LogP contribution in [0, 0.1) is 0 Å². The van der Waals surface area contributed by atoms with Gasteiger partial charge < -0.3 is 19.8 Å². The minimum absolute atomic E-state index is 0.0197. The van der Waals surface area contributed by atoms with E-state index >= 15 is 0 Å². The summed E-state index contributed by atoms with van der Waals surface area (Å²) in [6.07, 6.45) is -0.641. The molecule has 0 saturated carbocycles. The van der Waals surface area contributed by atoms with E-state index in [1.54, 1.807) is 24.3 Å². The van der Waals surface area contributed by atoms with Gasteiger partial charge in [-0.3, -0.25) is 4.79 Å². The Bertz CT molecular complexity index is 408. The van der Waals surface area contributed by atoms with Crippen LogP contribution in [-0.2, 0) is 0 Å². The first-order valence-corrected chi connectivity index (χ1v) is 6.24. The van der Waals surface area contributed by atoms with Gasteiger partial charge in [-0.15, -0.1) is 0 Å². The average molecular weight is 267 g/mol. The van der Waals surface area contributed by atoms with E-state index in [4.69, 9.17) is 9.84 Å². The third-order valence-electron chi connectivity index (χ3n) is 2.69. The van der Waals surface area contributed by atoms with Crippen molar-refractivity contribution >= 4 is 5.78 Å². The number of hydrogen-bond acceptors (Lipinski definition) is 5. The Morgan fingerprint density at radius 1 is 1.47 bits per heavy atom. The van der Waals surface area contributed by atoms with Gasteiger partial charge in [-0.2, -0.15) is 0 Å². The number of rotatable bonds is 8. The number of Topliss-reactive ketones (excluding diaryl/α,β-unsaturated/α-hetero) is 1. The van der Waals surface area contributed by atoms with Gasteiger partial charge in [0, 0.05) is 18.7 Å². The van der Waals surface area contributed by atoms with Gasteiger partial charge in [0.05, 0.1) is 6.61 Å². The lowest BCUT2D eigenvalue weighted by atomic mass is 10.1. The Balaban J connectivity index is 2.43. The van der Waals surface area contributed by atoms with E-state index in [0.29, 0.717) is 24.4 Å². The van der Waals surface area contributed by atoms with E-state index in [1.807, 2.05) is 11.9 Å². The lowest BCUT2D eigenvalue weighted by molar-refractivity contribution is 0.0710. The second kappa shape index (κ2) is 7.89. The topological polar surface area (TPSA) is 70.0 Å². The second-order valence-electron chi connectivity index (χ2n) is 4.53. The number of hydrogen-bond donors (Lipinski definition) is 2. The molecule has 0 radical (unpaired) electrons. The fourth-order valence-corrected chi connectivity index (χ4v) is 1.67. The van der Waals surface area contributed by atoms with Crippen LogP contribution in [0.15, 0.2) is 24.3 Å². The summed E-state index contributed by atoms with van der Waals surface area (Å²) < 4.78 is 5.45. The lowest BCUT2D eigenvalue weighted by Crippen LogP contribution is -2.34. The third-order valence-corrected chi connectivity index (χ3v) is 2.69. The van der Waals surface area contributed by atoms with Crippen molar-refractivity contribution in [1.29, 1.82) is 0 Å². The summed E-state index contributed by atoms with van der Waals surface area (Å²) in [7, 11) is 1.82. The largest absolute Gasteiger partial charge is 0.491 e. The van der Waals surface area contributed by atoms with Gasteiger partial charge in [-0.05, 0) is 26.1 Å². The van der Waals surface area contributed by atoms with E-state index < -0.39 is 6.10 Å². The zero-order valence-electron chi connectivity index (χ0n) is 11.4. The smallest absolute Gasteiger partial charge is 0.159 e. The van der Waals surface area contributed by atoms with E-state index in [0.717, 1.165) is 0 Å². The minimum Gasteiger partial charge on any atom is -0.491 e. The standard InChI is InChI=1S/C14H21NO4/c1-11(17)12-4-3-5-14(8-12)19-10-13(18)9-15(2)6-7-16/h3-5,8,13,16,18H,6-7,9-10H2,1-2H3. The van der Waals surface area contributed by atoms with Crippen LogP contribution < -0.4 is 4.74 Å². The molecule has 0 heterocycles. The molecule has 5 heteroatoms. The summed E-state index contributed by atoms with van der Waals surface area (Å²) in [5.74, 6) is 0.547. The van der Waals surface area contributed by atoms with Crippen molar-refractivity contribution in [2.45, 2.75) is 13.0 Å². The molecule has 0 aliphatic carbocycles. The molecule has 0 fully saturated rings. The summed E-state index contributed by atoms with van der Waals surface area (Å²) in [5, 5.41) is 18.5. The van der Waals surface area contributed by atoms with Gasteiger partial charge in [0.2, 0.25) is 0 Å². The Morgan fingerprint density at radius 2 is 2.21 bits per heavy atom. The highest BCUT2D eigenvalue weighted by atomic mass is 16.5. The lowest BCUT2D eigenvalue weighted by Gasteiger charge is -2.19. The molecule has 0 amide bonds. The fourth-order valence-electron chi connectivity index (χ4n) is 1.67. The molecule has 1 aromatic carbocycles. The molecule has 0 spiro atoms. The highest BCUT2D eigenvalue weighted by Gasteiger charge is 2.09. The molecule has 1 rings (SSSR count). The predicted octanol–water partition coefficient (Wildman–Crippen LogP) is 0.553. The zero-order chi connectivity index (χ0) is 14.3. The molecule has 106 valence electrons. The highest BCUT2D eigenvalue weighted by molar-refractivity contribution is 5.94. The molecule has 0 bridgehead atoms. The van der Waals surface area contributed by atoms with Crippen LogP contribution >= 0.6 is 0 Å². The monoisotopic (exact) mass is 267 g/mol. The van der Waals surface area contributed by atoms with Crippen LogP contribution in [0.25, 0.3) is 0 Å². The molecule has 2 N–H and O–H groups in total. The van der Waals surface area contributed by atoms with Gasteiger partial charge in [0.25, 0.3) is 0 Å². The summed E-state index contributed by atoms with van der Waals surface area (Å²) in [6.45, 7) is 2.64. The van der Waals surface area contributed by atoms with Gasteiger partial charge in [0.15, 0.2) is 5.78 Å². The number of ether oxygens (including phenoxy) is 1. The van der Waals surface area contributed by atoms with Crippen LogP contribution in [0.2, 0.25) is 0 Å². The molecule has 1 atom stereocenters. The van der Waals surface area contributed by atoms with Crippen LogP contribution in [0.3, 0.4) is 0 Å². The molecular weight excluding hydrogens is 246 g/mol.